The van der Waals surface area contributed by atoms with Crippen LogP contribution in [0, 0.1) is 0 Å². The molecule has 0 spiro atoms. The van der Waals surface area contributed by atoms with Crippen LogP contribution in [0.3, 0.4) is 0 Å². The van der Waals surface area contributed by atoms with Crippen molar-refractivity contribution in [2.45, 2.75) is 13.0 Å². The molecule has 0 unspecified atom stereocenters. The molecule has 2 rings (SSSR count). The minimum Gasteiger partial charge on any atom is -0.465 e. The molecule has 15 heavy (non-hydrogen) atoms. The van der Waals surface area contributed by atoms with E-state index in [0.29, 0.717) is 25.1 Å². The van der Waals surface area contributed by atoms with E-state index >= 15 is 0 Å². The van der Waals surface area contributed by atoms with Crippen molar-refractivity contribution in [1.29, 1.82) is 0 Å². The van der Waals surface area contributed by atoms with Crippen molar-refractivity contribution in [3.05, 3.63) is 34.9 Å². The molecule has 0 radical (unpaired) electrons. The Kier molecular flexibility index (Phi) is 2.41. The van der Waals surface area contributed by atoms with Gasteiger partial charge in [0, 0.05) is 18.7 Å². The predicted molar refractivity (Wildman–Crippen MR) is 54.0 cm³/mol. The molecule has 0 fully saturated rings. The second kappa shape index (κ2) is 3.73. The number of carboxylic acid groups (broad SMARTS) is 1. The smallest absolute Gasteiger partial charge is 0.407 e. The van der Waals surface area contributed by atoms with Crippen molar-refractivity contribution in [2.75, 3.05) is 6.54 Å². The first-order valence-corrected chi connectivity index (χ1v) is 4.76. The van der Waals surface area contributed by atoms with Gasteiger partial charge in [0.05, 0.1) is 0 Å². The lowest BCUT2D eigenvalue weighted by Gasteiger charge is -2.27. The number of nitrogens with zero attached hydrogens (tertiary/aromatic N) is 1. The van der Waals surface area contributed by atoms with Crippen LogP contribution in [0.25, 0.3) is 0 Å². The molecule has 4 nitrogen and oxygen atoms in total. The Morgan fingerprint density at radius 1 is 1.47 bits per heavy atom. The normalized spacial score (nSPS) is 14.5. The lowest BCUT2D eigenvalue weighted by atomic mass is 9.96. The number of hydrogen-bond acceptors (Lipinski definition) is 2. The van der Waals surface area contributed by atoms with Crippen LogP contribution in [-0.4, -0.2) is 28.9 Å². The van der Waals surface area contributed by atoms with Crippen molar-refractivity contribution in [3.63, 3.8) is 0 Å². The summed E-state index contributed by atoms with van der Waals surface area (Å²) in [6, 6.07) is 5.50. The maximum atomic E-state index is 10.8. The Morgan fingerprint density at radius 2 is 2.27 bits per heavy atom. The zero-order valence-corrected chi connectivity index (χ0v) is 8.14. The average molecular weight is 205 g/mol. The Balaban J connectivity index is 2.38. The van der Waals surface area contributed by atoms with Gasteiger partial charge in [0.15, 0.2) is 0 Å². The highest BCUT2D eigenvalue weighted by Gasteiger charge is 2.21. The number of carbonyl (C=O) groups is 2. The van der Waals surface area contributed by atoms with Gasteiger partial charge < -0.3 is 10.0 Å². The minimum atomic E-state index is -0.929. The van der Waals surface area contributed by atoms with Crippen LogP contribution in [0.2, 0.25) is 0 Å². The van der Waals surface area contributed by atoms with E-state index in [9.17, 15) is 9.59 Å². The van der Waals surface area contributed by atoms with Crippen LogP contribution in [-0.2, 0) is 13.0 Å². The number of carbonyl (C=O) groups excluding carboxylic acids is 1. The first kappa shape index (κ1) is 9.71. The third-order valence-electron chi connectivity index (χ3n) is 2.71. The van der Waals surface area contributed by atoms with Gasteiger partial charge in [0.2, 0.25) is 0 Å². The summed E-state index contributed by atoms with van der Waals surface area (Å²) in [5.74, 6) is 0. The van der Waals surface area contributed by atoms with Gasteiger partial charge in [0.25, 0.3) is 0 Å². The Bertz CT molecular complexity index is 414. The van der Waals surface area contributed by atoms with Crippen LogP contribution in [0.1, 0.15) is 21.5 Å². The Morgan fingerprint density at radius 3 is 2.93 bits per heavy atom. The second-order valence-electron chi connectivity index (χ2n) is 3.56. The maximum absolute atomic E-state index is 10.8. The third kappa shape index (κ3) is 1.70. The molecule has 0 aliphatic carbocycles. The van der Waals surface area contributed by atoms with Gasteiger partial charge in [-0.25, -0.2) is 4.79 Å². The van der Waals surface area contributed by atoms with Gasteiger partial charge in [-0.3, -0.25) is 4.79 Å². The van der Waals surface area contributed by atoms with Crippen molar-refractivity contribution in [3.8, 4) is 0 Å². The number of amides is 1. The van der Waals surface area contributed by atoms with E-state index < -0.39 is 6.09 Å². The first-order valence-electron chi connectivity index (χ1n) is 4.76. The molecule has 1 heterocycles. The van der Waals surface area contributed by atoms with Gasteiger partial charge >= 0.3 is 6.09 Å². The zero-order valence-electron chi connectivity index (χ0n) is 8.14. The molecule has 1 aliphatic rings. The fraction of sp³-hybridized carbons (Fsp3) is 0.273. The van der Waals surface area contributed by atoms with Crippen LogP contribution >= 0.6 is 0 Å². The monoisotopic (exact) mass is 205 g/mol. The fourth-order valence-electron chi connectivity index (χ4n) is 1.88. The van der Waals surface area contributed by atoms with Crippen molar-refractivity contribution in [1.82, 2.24) is 4.90 Å². The van der Waals surface area contributed by atoms with E-state index in [1.54, 1.807) is 6.07 Å². The summed E-state index contributed by atoms with van der Waals surface area (Å²) in [4.78, 5) is 22.9. The van der Waals surface area contributed by atoms with Crippen LogP contribution in [0.4, 0.5) is 4.79 Å². The maximum Gasteiger partial charge on any atom is 0.407 e. The lowest BCUT2D eigenvalue weighted by Crippen LogP contribution is -2.35. The van der Waals surface area contributed by atoms with E-state index in [1.807, 2.05) is 12.1 Å². The molecule has 1 aliphatic heterocycles. The molecule has 4 heteroatoms. The van der Waals surface area contributed by atoms with Crippen LogP contribution < -0.4 is 0 Å². The second-order valence-corrected chi connectivity index (χ2v) is 3.56. The van der Waals surface area contributed by atoms with Gasteiger partial charge in [-0.05, 0) is 17.5 Å². The highest BCUT2D eigenvalue weighted by atomic mass is 16.4. The number of benzene rings is 1. The fourth-order valence-corrected chi connectivity index (χ4v) is 1.88. The number of aldehydes is 1. The SMILES string of the molecule is O=Cc1cccc2c1CN(C(=O)O)CC2. The molecule has 0 saturated heterocycles. The minimum absolute atomic E-state index is 0.319. The molecule has 0 atom stereocenters. The van der Waals surface area contributed by atoms with Crippen molar-refractivity contribution >= 4 is 12.4 Å². The number of hydrogen-bond donors (Lipinski definition) is 1. The molecule has 1 amide bonds. The third-order valence-corrected chi connectivity index (χ3v) is 2.71. The molecule has 1 aromatic carbocycles. The Labute approximate surface area is 87.1 Å². The van der Waals surface area contributed by atoms with E-state index in [2.05, 4.69) is 0 Å². The largest absolute Gasteiger partial charge is 0.465 e. The molecule has 1 aromatic rings. The topological polar surface area (TPSA) is 57.6 Å². The summed E-state index contributed by atoms with van der Waals surface area (Å²) in [5.41, 5.74) is 2.52. The summed E-state index contributed by atoms with van der Waals surface area (Å²) in [5, 5.41) is 8.87. The van der Waals surface area contributed by atoms with E-state index in [-0.39, 0.29) is 0 Å². The summed E-state index contributed by atoms with van der Waals surface area (Å²) in [7, 11) is 0. The van der Waals surface area contributed by atoms with Gasteiger partial charge in [-0.15, -0.1) is 0 Å². The Hall–Kier alpha value is -1.84. The molecule has 0 saturated carbocycles. The molecule has 0 bridgehead atoms. The van der Waals surface area contributed by atoms with Crippen LogP contribution in [0.5, 0.6) is 0 Å². The van der Waals surface area contributed by atoms with E-state index in [0.717, 1.165) is 17.4 Å². The number of fused-ring (bicyclic) bond motifs is 1. The molecular weight excluding hydrogens is 194 g/mol. The quantitative estimate of drug-likeness (QED) is 0.707. The predicted octanol–water partition coefficient (Wildman–Crippen LogP) is 1.54. The summed E-state index contributed by atoms with van der Waals surface area (Å²) >= 11 is 0. The highest BCUT2D eigenvalue weighted by Crippen LogP contribution is 2.21. The van der Waals surface area contributed by atoms with Gasteiger partial charge in [-0.2, -0.15) is 0 Å². The van der Waals surface area contributed by atoms with Gasteiger partial charge in [-0.1, -0.05) is 18.2 Å². The average Bonchev–Trinajstić information content (AvgIpc) is 2.27. The highest BCUT2D eigenvalue weighted by molar-refractivity contribution is 5.78. The van der Waals surface area contributed by atoms with Crippen LogP contribution in [0.15, 0.2) is 18.2 Å². The van der Waals surface area contributed by atoms with Crippen molar-refractivity contribution < 1.29 is 14.7 Å². The zero-order chi connectivity index (χ0) is 10.8. The van der Waals surface area contributed by atoms with Gasteiger partial charge in [0.1, 0.15) is 6.29 Å². The summed E-state index contributed by atoms with van der Waals surface area (Å²) in [6.07, 6.45) is 0.536. The van der Waals surface area contributed by atoms with Crippen molar-refractivity contribution in [2.24, 2.45) is 0 Å². The standard InChI is InChI=1S/C11H11NO3/c13-7-9-3-1-2-8-4-5-12(11(14)15)6-10(8)9/h1-3,7H,4-6H2,(H,14,15). The molecule has 1 N–H and O–H groups in total. The number of rotatable bonds is 1. The first-order chi connectivity index (χ1) is 7.22. The van der Waals surface area contributed by atoms with E-state index in [1.165, 1.54) is 4.90 Å². The molecule has 78 valence electrons. The lowest BCUT2D eigenvalue weighted by molar-refractivity contribution is 0.111. The summed E-state index contributed by atoms with van der Waals surface area (Å²) < 4.78 is 0. The molecular formula is C11H11NO3. The summed E-state index contributed by atoms with van der Waals surface area (Å²) in [6.45, 7) is 0.824. The van der Waals surface area contributed by atoms with E-state index in [4.69, 9.17) is 5.11 Å². The molecule has 0 aromatic heterocycles.